The highest BCUT2D eigenvalue weighted by molar-refractivity contribution is 5.80. The van der Waals surface area contributed by atoms with Gasteiger partial charge in [0.05, 0.1) is 18.5 Å². The zero-order valence-electron chi connectivity index (χ0n) is 17.0. The van der Waals surface area contributed by atoms with Crippen molar-refractivity contribution < 1.29 is 4.74 Å². The van der Waals surface area contributed by atoms with Gasteiger partial charge < -0.3 is 24.7 Å². The maximum Gasteiger partial charge on any atom is 0.191 e. The Kier molecular flexibility index (Phi) is 5.84. The largest absolute Gasteiger partial charge is 0.495 e. The number of benzene rings is 1. The molecule has 0 amide bonds. The first kappa shape index (κ1) is 19.1. The van der Waals surface area contributed by atoms with E-state index in [9.17, 15) is 0 Å². The van der Waals surface area contributed by atoms with Gasteiger partial charge in [-0.15, -0.1) is 0 Å². The van der Waals surface area contributed by atoms with E-state index < -0.39 is 0 Å². The molecule has 7 nitrogen and oxygen atoms in total. The van der Waals surface area contributed by atoms with Crippen molar-refractivity contribution in [1.29, 1.82) is 0 Å². The van der Waals surface area contributed by atoms with Gasteiger partial charge in [0.15, 0.2) is 5.96 Å². The van der Waals surface area contributed by atoms with Crippen LogP contribution in [0.3, 0.4) is 0 Å². The minimum absolute atomic E-state index is 0.348. The number of aliphatic imine (C=N–C) groups is 1. The lowest BCUT2D eigenvalue weighted by molar-refractivity contribution is 0.415. The standard InChI is InChI=1S/C22H28N6O/c1-23-22(24-12-10-17-16-28-13-6-5-9-21(28)25-17)26-18-11-14-27(15-18)19-7-3-4-8-20(19)29-2/h3-9,13,16,18H,10-12,14-15H2,1-2H3,(H2,23,24,26). The van der Waals surface area contributed by atoms with Gasteiger partial charge in [0.1, 0.15) is 11.4 Å². The Bertz CT molecular complexity index is 949. The van der Waals surface area contributed by atoms with Gasteiger partial charge in [-0.3, -0.25) is 4.99 Å². The van der Waals surface area contributed by atoms with Gasteiger partial charge in [-0.05, 0) is 30.7 Å². The number of anilines is 1. The van der Waals surface area contributed by atoms with Crippen LogP contribution in [0.4, 0.5) is 5.69 Å². The predicted molar refractivity (Wildman–Crippen MR) is 117 cm³/mol. The number of hydrogen-bond donors (Lipinski definition) is 2. The monoisotopic (exact) mass is 392 g/mol. The lowest BCUT2D eigenvalue weighted by atomic mass is 10.2. The summed E-state index contributed by atoms with van der Waals surface area (Å²) in [6.45, 7) is 2.70. The zero-order valence-corrected chi connectivity index (χ0v) is 17.0. The van der Waals surface area contributed by atoms with Gasteiger partial charge >= 0.3 is 0 Å². The number of guanidine groups is 1. The molecule has 0 bridgehead atoms. The molecule has 152 valence electrons. The molecule has 2 N–H and O–H groups in total. The maximum atomic E-state index is 5.51. The Morgan fingerprint density at radius 1 is 1.24 bits per heavy atom. The molecule has 1 fully saturated rings. The van der Waals surface area contributed by atoms with Crippen LogP contribution in [0.15, 0.2) is 59.9 Å². The Morgan fingerprint density at radius 2 is 2.10 bits per heavy atom. The highest BCUT2D eigenvalue weighted by Crippen LogP contribution is 2.30. The number of fused-ring (bicyclic) bond motifs is 1. The number of pyridine rings is 1. The van der Waals surface area contributed by atoms with E-state index in [1.165, 1.54) is 0 Å². The van der Waals surface area contributed by atoms with Crippen LogP contribution in [-0.4, -0.2) is 55.2 Å². The molecule has 0 aliphatic carbocycles. The summed E-state index contributed by atoms with van der Waals surface area (Å²) in [5.74, 6) is 1.75. The second kappa shape index (κ2) is 8.86. The highest BCUT2D eigenvalue weighted by atomic mass is 16.5. The molecule has 1 unspecified atom stereocenters. The zero-order chi connectivity index (χ0) is 20.1. The Hall–Kier alpha value is -3.22. The molecular formula is C22H28N6O. The maximum absolute atomic E-state index is 5.51. The first-order chi connectivity index (χ1) is 14.3. The topological polar surface area (TPSA) is 66.2 Å². The number of aromatic nitrogens is 2. The molecule has 29 heavy (non-hydrogen) atoms. The molecule has 4 rings (SSSR count). The number of nitrogens with one attached hydrogen (secondary N) is 2. The fourth-order valence-corrected chi connectivity index (χ4v) is 3.79. The minimum Gasteiger partial charge on any atom is -0.495 e. The summed E-state index contributed by atoms with van der Waals surface area (Å²) < 4.78 is 7.56. The molecule has 0 saturated carbocycles. The molecule has 1 saturated heterocycles. The Morgan fingerprint density at radius 3 is 2.93 bits per heavy atom. The van der Waals surface area contributed by atoms with Crippen LogP contribution in [0.25, 0.3) is 5.65 Å². The van der Waals surface area contributed by atoms with Crippen molar-refractivity contribution in [1.82, 2.24) is 20.0 Å². The quantitative estimate of drug-likeness (QED) is 0.498. The van der Waals surface area contributed by atoms with Gasteiger partial charge in [-0.1, -0.05) is 18.2 Å². The van der Waals surface area contributed by atoms with Gasteiger partial charge in [-0.25, -0.2) is 4.98 Å². The number of hydrogen-bond acceptors (Lipinski definition) is 4. The van der Waals surface area contributed by atoms with Gasteiger partial charge in [-0.2, -0.15) is 0 Å². The number of imidazole rings is 1. The van der Waals surface area contributed by atoms with Crippen LogP contribution in [0.1, 0.15) is 12.1 Å². The third kappa shape index (κ3) is 4.45. The van der Waals surface area contributed by atoms with E-state index in [2.05, 4.69) is 43.8 Å². The molecule has 7 heteroatoms. The fraction of sp³-hybridized carbons (Fsp3) is 0.364. The molecular weight excluding hydrogens is 364 g/mol. The van der Waals surface area contributed by atoms with E-state index >= 15 is 0 Å². The van der Waals surface area contributed by atoms with E-state index in [1.54, 1.807) is 7.11 Å². The summed E-state index contributed by atoms with van der Waals surface area (Å²) in [5, 5.41) is 6.96. The van der Waals surface area contributed by atoms with Gasteiger partial charge in [0, 0.05) is 51.5 Å². The van der Waals surface area contributed by atoms with Crippen molar-refractivity contribution in [2.75, 3.05) is 38.7 Å². The summed E-state index contributed by atoms with van der Waals surface area (Å²) in [6.07, 6.45) is 6.01. The van der Waals surface area contributed by atoms with Crippen molar-refractivity contribution in [2.24, 2.45) is 4.99 Å². The third-order valence-corrected chi connectivity index (χ3v) is 5.27. The van der Waals surface area contributed by atoms with Crippen LogP contribution in [0.5, 0.6) is 5.75 Å². The minimum atomic E-state index is 0.348. The van der Waals surface area contributed by atoms with Gasteiger partial charge in [0.2, 0.25) is 0 Å². The van der Waals surface area contributed by atoms with Crippen LogP contribution < -0.4 is 20.3 Å². The van der Waals surface area contributed by atoms with Crippen LogP contribution in [-0.2, 0) is 6.42 Å². The van der Waals surface area contributed by atoms with Crippen molar-refractivity contribution in [2.45, 2.75) is 18.9 Å². The average Bonchev–Trinajstić information content (AvgIpc) is 3.39. The molecule has 3 aromatic rings. The fourth-order valence-electron chi connectivity index (χ4n) is 3.79. The molecule has 2 aromatic heterocycles. The second-order valence-electron chi connectivity index (χ2n) is 7.20. The molecule has 1 aromatic carbocycles. The van der Waals surface area contributed by atoms with Crippen LogP contribution >= 0.6 is 0 Å². The number of methoxy groups -OCH3 is 1. The Balaban J connectivity index is 1.28. The molecule has 0 radical (unpaired) electrons. The summed E-state index contributed by atoms with van der Waals surface area (Å²) in [5.41, 5.74) is 3.20. The lowest BCUT2D eigenvalue weighted by Gasteiger charge is -2.22. The van der Waals surface area contributed by atoms with E-state index in [-0.39, 0.29) is 0 Å². The second-order valence-corrected chi connectivity index (χ2v) is 7.20. The van der Waals surface area contributed by atoms with E-state index in [0.29, 0.717) is 6.04 Å². The number of para-hydroxylation sites is 2. The smallest absolute Gasteiger partial charge is 0.191 e. The molecule has 1 atom stereocenters. The first-order valence-corrected chi connectivity index (χ1v) is 10.0. The van der Waals surface area contributed by atoms with Crippen LogP contribution in [0, 0.1) is 0 Å². The predicted octanol–water partition coefficient (Wildman–Crippen LogP) is 2.33. The third-order valence-electron chi connectivity index (χ3n) is 5.27. The van der Waals surface area contributed by atoms with E-state index in [4.69, 9.17) is 4.74 Å². The summed E-state index contributed by atoms with van der Waals surface area (Å²) >= 11 is 0. The number of ether oxygens (including phenoxy) is 1. The van der Waals surface area contributed by atoms with Crippen molar-refractivity contribution in [3.63, 3.8) is 0 Å². The highest BCUT2D eigenvalue weighted by Gasteiger charge is 2.25. The Labute approximate surface area is 171 Å². The molecule has 1 aliphatic heterocycles. The lowest BCUT2D eigenvalue weighted by Crippen LogP contribution is -2.45. The van der Waals surface area contributed by atoms with Crippen molar-refractivity contribution in [3.05, 3.63) is 60.6 Å². The molecule has 0 spiro atoms. The SMILES string of the molecule is CN=C(NCCc1cn2ccccc2n1)NC1CCN(c2ccccc2OC)C1. The summed E-state index contributed by atoms with van der Waals surface area (Å²) in [7, 11) is 3.53. The molecule has 1 aliphatic rings. The summed E-state index contributed by atoms with van der Waals surface area (Å²) in [4.78, 5) is 11.4. The van der Waals surface area contributed by atoms with Crippen molar-refractivity contribution in [3.8, 4) is 5.75 Å². The number of rotatable bonds is 6. The van der Waals surface area contributed by atoms with E-state index in [0.717, 1.165) is 61.2 Å². The summed E-state index contributed by atoms with van der Waals surface area (Å²) in [6, 6.07) is 14.6. The first-order valence-electron chi connectivity index (χ1n) is 10.0. The van der Waals surface area contributed by atoms with Crippen LogP contribution in [0.2, 0.25) is 0 Å². The van der Waals surface area contributed by atoms with Gasteiger partial charge in [0.25, 0.3) is 0 Å². The molecule has 3 heterocycles. The van der Waals surface area contributed by atoms with E-state index in [1.807, 2.05) is 48.0 Å². The normalized spacial score (nSPS) is 17.0. The number of nitrogens with zero attached hydrogens (tertiary/aromatic N) is 4. The van der Waals surface area contributed by atoms with Crippen molar-refractivity contribution >= 4 is 17.3 Å². The average molecular weight is 393 g/mol.